The molecule has 0 aliphatic heterocycles. The molecule has 136 valence electrons. The summed E-state index contributed by atoms with van der Waals surface area (Å²) in [4.78, 5) is 13.2. The molecular weight excluding hydrogens is 354 g/mol. The standard InChI is InChI=1S/C18H19N5O2.ClH/c1-11-5-6-12(25-11)16-22-14-15(19)20-13(21-17(14)23(16)2)7-10-18(24)8-3-4-9-18;/h5-6,24H,3-4,8-9H2,1-2H3,(H2,19,20,21);1H. The second-order valence-electron chi connectivity index (χ2n) is 6.50. The summed E-state index contributed by atoms with van der Waals surface area (Å²) in [5, 5.41) is 10.4. The predicted molar refractivity (Wildman–Crippen MR) is 101 cm³/mol. The van der Waals surface area contributed by atoms with E-state index in [1.807, 2.05) is 26.1 Å². The zero-order valence-corrected chi connectivity index (χ0v) is 15.4. The number of fused-ring (bicyclic) bond motifs is 1. The fraction of sp³-hybridized carbons (Fsp3) is 0.389. The van der Waals surface area contributed by atoms with Crippen molar-refractivity contribution in [1.82, 2.24) is 19.5 Å². The Morgan fingerprint density at radius 3 is 2.62 bits per heavy atom. The summed E-state index contributed by atoms with van der Waals surface area (Å²) in [6.07, 6.45) is 3.35. The maximum Gasteiger partial charge on any atom is 0.209 e. The molecule has 0 saturated heterocycles. The summed E-state index contributed by atoms with van der Waals surface area (Å²) >= 11 is 0. The van der Waals surface area contributed by atoms with E-state index in [4.69, 9.17) is 10.2 Å². The Morgan fingerprint density at radius 1 is 1.23 bits per heavy atom. The average Bonchev–Trinajstić information content (AvgIpc) is 3.27. The number of hydrogen-bond acceptors (Lipinski definition) is 6. The van der Waals surface area contributed by atoms with Gasteiger partial charge in [0.2, 0.25) is 5.82 Å². The fourth-order valence-electron chi connectivity index (χ4n) is 3.17. The van der Waals surface area contributed by atoms with E-state index in [0.717, 1.165) is 18.6 Å². The van der Waals surface area contributed by atoms with Gasteiger partial charge in [-0.2, -0.15) is 0 Å². The number of aliphatic hydroxyl groups is 1. The highest BCUT2D eigenvalue weighted by Gasteiger charge is 2.28. The summed E-state index contributed by atoms with van der Waals surface area (Å²) < 4.78 is 7.45. The summed E-state index contributed by atoms with van der Waals surface area (Å²) in [5.41, 5.74) is 6.21. The Bertz CT molecular complexity index is 1020. The molecule has 0 spiro atoms. The van der Waals surface area contributed by atoms with Crippen LogP contribution < -0.4 is 5.73 Å². The first kappa shape index (κ1) is 18.2. The number of nitrogen functional groups attached to an aromatic ring is 1. The van der Waals surface area contributed by atoms with Crippen LogP contribution in [0.4, 0.5) is 5.82 Å². The second kappa shape index (κ2) is 6.63. The zero-order valence-electron chi connectivity index (χ0n) is 14.6. The molecule has 3 aromatic heterocycles. The Labute approximate surface area is 157 Å². The molecule has 0 aromatic carbocycles. The lowest BCUT2D eigenvalue weighted by atomic mass is 10.0. The van der Waals surface area contributed by atoms with Gasteiger partial charge >= 0.3 is 0 Å². The van der Waals surface area contributed by atoms with Crippen molar-refractivity contribution in [1.29, 1.82) is 0 Å². The predicted octanol–water partition coefficient (Wildman–Crippen LogP) is 2.59. The molecule has 4 rings (SSSR count). The van der Waals surface area contributed by atoms with E-state index in [-0.39, 0.29) is 24.0 Å². The first-order valence-corrected chi connectivity index (χ1v) is 8.27. The van der Waals surface area contributed by atoms with Crippen LogP contribution in [0.1, 0.15) is 37.3 Å². The van der Waals surface area contributed by atoms with Gasteiger partial charge in [-0.3, -0.25) is 0 Å². The fourth-order valence-corrected chi connectivity index (χ4v) is 3.17. The van der Waals surface area contributed by atoms with Crippen LogP contribution in [0.25, 0.3) is 22.7 Å². The number of nitrogens with zero attached hydrogens (tertiary/aromatic N) is 4. The molecule has 26 heavy (non-hydrogen) atoms. The van der Waals surface area contributed by atoms with Gasteiger partial charge in [0.15, 0.2) is 28.6 Å². The molecule has 3 heterocycles. The minimum Gasteiger partial charge on any atom is -0.458 e. The third-order valence-electron chi connectivity index (χ3n) is 4.54. The highest BCUT2D eigenvalue weighted by molar-refractivity contribution is 5.85. The van der Waals surface area contributed by atoms with Crippen molar-refractivity contribution in [3.63, 3.8) is 0 Å². The topological polar surface area (TPSA) is 103 Å². The van der Waals surface area contributed by atoms with Crippen LogP contribution in [0.5, 0.6) is 0 Å². The van der Waals surface area contributed by atoms with E-state index >= 15 is 0 Å². The molecule has 0 amide bonds. The van der Waals surface area contributed by atoms with Gasteiger partial charge in [0.25, 0.3) is 0 Å². The maximum absolute atomic E-state index is 10.4. The van der Waals surface area contributed by atoms with E-state index < -0.39 is 5.60 Å². The van der Waals surface area contributed by atoms with E-state index in [9.17, 15) is 5.11 Å². The number of rotatable bonds is 1. The Kier molecular flexibility index (Phi) is 4.65. The molecule has 0 radical (unpaired) electrons. The smallest absolute Gasteiger partial charge is 0.209 e. The quantitative estimate of drug-likeness (QED) is 0.635. The van der Waals surface area contributed by atoms with E-state index in [1.54, 1.807) is 4.57 Å². The highest BCUT2D eigenvalue weighted by atomic mass is 35.5. The van der Waals surface area contributed by atoms with Crippen LogP contribution in [-0.4, -0.2) is 30.2 Å². The van der Waals surface area contributed by atoms with Gasteiger partial charge < -0.3 is 19.8 Å². The van der Waals surface area contributed by atoms with Crippen molar-refractivity contribution < 1.29 is 9.52 Å². The maximum atomic E-state index is 10.4. The SMILES string of the molecule is Cc1ccc(-c2nc3c(N)nc(C#CC4(O)CCCC4)nc3n2C)o1.Cl. The largest absolute Gasteiger partial charge is 0.458 e. The van der Waals surface area contributed by atoms with Gasteiger partial charge in [-0.15, -0.1) is 12.4 Å². The van der Waals surface area contributed by atoms with Crippen LogP contribution in [0.2, 0.25) is 0 Å². The van der Waals surface area contributed by atoms with Crippen LogP contribution in [-0.2, 0) is 7.05 Å². The van der Waals surface area contributed by atoms with Crippen LogP contribution >= 0.6 is 12.4 Å². The third-order valence-corrected chi connectivity index (χ3v) is 4.54. The van der Waals surface area contributed by atoms with Gasteiger partial charge in [0, 0.05) is 7.05 Å². The molecule has 8 heteroatoms. The lowest BCUT2D eigenvalue weighted by Gasteiger charge is -2.12. The summed E-state index contributed by atoms with van der Waals surface area (Å²) in [6, 6.07) is 3.74. The molecule has 1 saturated carbocycles. The van der Waals surface area contributed by atoms with Gasteiger partial charge in [-0.25, -0.2) is 15.0 Å². The normalized spacial score (nSPS) is 15.5. The molecule has 1 aliphatic carbocycles. The van der Waals surface area contributed by atoms with Gasteiger partial charge in [0.1, 0.15) is 11.4 Å². The van der Waals surface area contributed by atoms with Crippen molar-refractivity contribution >= 4 is 29.4 Å². The first-order chi connectivity index (χ1) is 12.0. The highest BCUT2D eigenvalue weighted by Crippen LogP contribution is 2.29. The Morgan fingerprint density at radius 2 is 1.96 bits per heavy atom. The number of nitrogens with two attached hydrogens (primary N) is 1. The first-order valence-electron chi connectivity index (χ1n) is 8.27. The van der Waals surface area contributed by atoms with Crippen molar-refractivity contribution in [2.24, 2.45) is 7.05 Å². The monoisotopic (exact) mass is 373 g/mol. The third kappa shape index (κ3) is 3.14. The van der Waals surface area contributed by atoms with Gasteiger partial charge in [-0.1, -0.05) is 5.92 Å². The minimum atomic E-state index is -0.934. The minimum absolute atomic E-state index is 0. The lowest BCUT2D eigenvalue weighted by molar-refractivity contribution is 0.110. The number of anilines is 1. The number of imidazole rings is 1. The molecule has 3 N–H and O–H groups in total. The average molecular weight is 374 g/mol. The molecular formula is C18H20ClN5O2. The molecule has 0 unspecified atom stereocenters. The van der Waals surface area contributed by atoms with Gasteiger partial charge in [-0.05, 0) is 50.7 Å². The summed E-state index contributed by atoms with van der Waals surface area (Å²) in [5.74, 6) is 8.40. The number of aromatic nitrogens is 4. The lowest BCUT2D eigenvalue weighted by Crippen LogP contribution is -2.20. The van der Waals surface area contributed by atoms with Crippen LogP contribution in [0.15, 0.2) is 16.5 Å². The Balaban J connectivity index is 0.00000196. The summed E-state index contributed by atoms with van der Waals surface area (Å²) in [7, 11) is 1.84. The van der Waals surface area contributed by atoms with E-state index in [1.165, 1.54) is 0 Å². The second-order valence-corrected chi connectivity index (χ2v) is 6.50. The van der Waals surface area contributed by atoms with Crippen LogP contribution in [0.3, 0.4) is 0 Å². The number of halogens is 1. The van der Waals surface area contributed by atoms with Crippen LogP contribution in [0, 0.1) is 18.8 Å². The number of hydrogen-bond donors (Lipinski definition) is 2. The van der Waals surface area contributed by atoms with Gasteiger partial charge in [0.05, 0.1) is 0 Å². The molecule has 1 fully saturated rings. The van der Waals surface area contributed by atoms with Crippen molar-refractivity contribution in [2.45, 2.75) is 38.2 Å². The molecule has 0 atom stereocenters. The molecule has 1 aliphatic rings. The number of furan rings is 1. The van der Waals surface area contributed by atoms with E-state index in [2.05, 4.69) is 26.8 Å². The molecule has 3 aromatic rings. The van der Waals surface area contributed by atoms with Crippen molar-refractivity contribution in [2.75, 3.05) is 5.73 Å². The van der Waals surface area contributed by atoms with E-state index in [0.29, 0.717) is 35.6 Å². The zero-order chi connectivity index (χ0) is 17.6. The van der Waals surface area contributed by atoms with Crippen molar-refractivity contribution in [3.8, 4) is 23.4 Å². The summed E-state index contributed by atoms with van der Waals surface area (Å²) in [6.45, 7) is 1.88. The number of aryl methyl sites for hydroxylation is 2. The Hall–Kier alpha value is -2.56. The van der Waals surface area contributed by atoms with Crippen molar-refractivity contribution in [3.05, 3.63) is 23.7 Å². The molecule has 7 nitrogen and oxygen atoms in total. The molecule has 0 bridgehead atoms.